The van der Waals surface area contributed by atoms with E-state index in [-0.39, 0.29) is 31.5 Å². The number of carbonyl (C=O) groups excluding carboxylic acids is 2. The van der Waals surface area contributed by atoms with E-state index in [2.05, 4.69) is 123 Å². The third-order valence-corrected chi connectivity index (χ3v) is 14.2. The molecule has 0 bridgehead atoms. The predicted molar refractivity (Wildman–Crippen MR) is 332 cm³/mol. The number of likely N-dealkylation sites (N-methyl/N-ethyl adjacent to an activating group) is 1. The number of quaternary nitrogens is 1. The van der Waals surface area contributed by atoms with Crippen LogP contribution in [0.2, 0.25) is 0 Å². The lowest BCUT2D eigenvalue weighted by atomic mass is 10.1. The first-order valence-electron chi connectivity index (χ1n) is 31.2. The van der Waals surface area contributed by atoms with E-state index in [0.717, 1.165) is 141 Å². The number of esters is 1. The molecule has 2 N–H and O–H groups in total. The van der Waals surface area contributed by atoms with Crippen molar-refractivity contribution in [2.75, 3.05) is 40.9 Å². The zero-order valence-electron chi connectivity index (χ0n) is 50.4. The zero-order chi connectivity index (χ0) is 56.4. The largest absolute Gasteiger partial charge is 0.472 e. The van der Waals surface area contributed by atoms with Crippen LogP contribution in [-0.2, 0) is 27.9 Å². The molecule has 0 aliphatic carbocycles. The molecule has 77 heavy (non-hydrogen) atoms. The van der Waals surface area contributed by atoms with Crippen LogP contribution in [0.1, 0.15) is 252 Å². The monoisotopic (exact) mass is 1090 g/mol. The van der Waals surface area contributed by atoms with Crippen molar-refractivity contribution < 1.29 is 37.3 Å². The molecule has 10 heteroatoms. The summed E-state index contributed by atoms with van der Waals surface area (Å²) in [6.07, 6.45) is 76.5. The minimum absolute atomic E-state index is 0.0284. The number of phosphoric ester groups is 1. The normalized spacial score (nSPS) is 14.4. The van der Waals surface area contributed by atoms with Gasteiger partial charge in [-0.1, -0.05) is 233 Å². The second-order valence-corrected chi connectivity index (χ2v) is 23.3. The molecule has 0 heterocycles. The molecule has 1 amide bonds. The second kappa shape index (κ2) is 56.0. The van der Waals surface area contributed by atoms with Crippen LogP contribution >= 0.6 is 7.82 Å². The summed E-state index contributed by atoms with van der Waals surface area (Å²) in [5.41, 5.74) is 0. The number of nitrogens with zero attached hydrogens (tertiary/aromatic N) is 1. The first kappa shape index (κ1) is 73.7. The summed E-state index contributed by atoms with van der Waals surface area (Å²) >= 11 is 0. The van der Waals surface area contributed by atoms with E-state index in [4.69, 9.17) is 13.8 Å². The van der Waals surface area contributed by atoms with E-state index < -0.39 is 20.0 Å². The van der Waals surface area contributed by atoms with Gasteiger partial charge in [-0.15, -0.1) is 0 Å². The molecule has 0 radical (unpaired) electrons. The quantitative estimate of drug-likeness (QED) is 0.0205. The van der Waals surface area contributed by atoms with Gasteiger partial charge in [0.1, 0.15) is 19.3 Å². The molecular weight excluding hydrogens is 976 g/mol. The minimum atomic E-state index is -4.46. The maximum atomic E-state index is 13.5. The van der Waals surface area contributed by atoms with Crippen LogP contribution in [-0.4, -0.2) is 74.3 Å². The fourth-order valence-corrected chi connectivity index (χ4v) is 9.12. The number of amides is 1. The van der Waals surface area contributed by atoms with Crippen molar-refractivity contribution in [2.24, 2.45) is 0 Å². The maximum absolute atomic E-state index is 13.5. The van der Waals surface area contributed by atoms with Gasteiger partial charge in [-0.25, -0.2) is 4.57 Å². The highest BCUT2D eigenvalue weighted by molar-refractivity contribution is 7.47. The predicted octanol–water partition coefficient (Wildman–Crippen LogP) is 19.3. The molecule has 0 aliphatic heterocycles. The van der Waals surface area contributed by atoms with Gasteiger partial charge >= 0.3 is 13.8 Å². The standard InChI is InChI=1S/C67H117N2O7P/c1-7-10-13-16-19-22-25-27-29-31-33-34-36-38-40-42-45-48-51-54-57-60-67(71)76-65(58-55-52-49-46-43-24-21-18-15-12-9-3)64(63-75-77(72,73)74-62-61-69(4,5)6)68-66(70)59-56-53-50-47-44-41-39-37-35-32-30-28-26-23-20-17-14-11-8-2/h10,13,19-20,22-23,27-30,33-35,37-38,40,55,58,64-65H,7-9,11-12,14-18,21,24-26,31-32,36,39,41-54,56-57,59-63H2,1-6H3,(H-,68,70,72,73)/p+1/b13-10-,22-19-,23-20-,29-27-,30-28-,34-33-,37-35-,40-38-,58-55+. The number of nitrogens with one attached hydrogen (secondary N) is 1. The Bertz CT molecular complexity index is 1690. The van der Waals surface area contributed by atoms with Crippen molar-refractivity contribution in [1.82, 2.24) is 5.32 Å². The molecule has 9 nitrogen and oxygen atoms in total. The van der Waals surface area contributed by atoms with E-state index >= 15 is 0 Å². The third-order valence-electron chi connectivity index (χ3n) is 13.2. The van der Waals surface area contributed by atoms with Crippen molar-refractivity contribution in [3.05, 3.63) is 109 Å². The molecule has 0 saturated heterocycles. The molecular formula is C67H118N2O7P+. The number of hydrogen-bond donors (Lipinski definition) is 2. The first-order chi connectivity index (χ1) is 37.4. The highest BCUT2D eigenvalue weighted by Crippen LogP contribution is 2.43. The van der Waals surface area contributed by atoms with Gasteiger partial charge < -0.3 is 19.4 Å². The number of phosphoric acid groups is 1. The molecule has 0 aliphatic rings. The Morgan fingerprint density at radius 1 is 0.468 bits per heavy atom. The molecule has 3 unspecified atom stereocenters. The van der Waals surface area contributed by atoms with Crippen LogP contribution in [0.3, 0.4) is 0 Å². The third kappa shape index (κ3) is 57.2. The zero-order valence-corrected chi connectivity index (χ0v) is 51.3. The lowest BCUT2D eigenvalue weighted by Gasteiger charge is -2.27. The summed E-state index contributed by atoms with van der Waals surface area (Å²) in [6.45, 7) is 6.83. The van der Waals surface area contributed by atoms with Crippen molar-refractivity contribution in [3.8, 4) is 0 Å². The Morgan fingerprint density at radius 2 is 0.831 bits per heavy atom. The van der Waals surface area contributed by atoms with Gasteiger partial charge in [0.2, 0.25) is 5.91 Å². The van der Waals surface area contributed by atoms with Gasteiger partial charge in [-0.05, 0) is 115 Å². The van der Waals surface area contributed by atoms with E-state index in [1.165, 1.54) is 70.6 Å². The van der Waals surface area contributed by atoms with Crippen molar-refractivity contribution >= 4 is 19.7 Å². The van der Waals surface area contributed by atoms with Crippen LogP contribution in [0.15, 0.2) is 109 Å². The van der Waals surface area contributed by atoms with Gasteiger partial charge in [0.05, 0.1) is 33.8 Å². The van der Waals surface area contributed by atoms with Crippen molar-refractivity contribution in [2.45, 2.75) is 264 Å². The van der Waals surface area contributed by atoms with Crippen molar-refractivity contribution in [1.29, 1.82) is 0 Å². The van der Waals surface area contributed by atoms with Gasteiger partial charge in [0.15, 0.2) is 0 Å². The van der Waals surface area contributed by atoms with Gasteiger partial charge in [0, 0.05) is 12.8 Å². The topological polar surface area (TPSA) is 111 Å². The molecule has 0 saturated carbocycles. The average molecular weight is 1090 g/mol. The number of allylic oxidation sites excluding steroid dienone is 17. The minimum Gasteiger partial charge on any atom is -0.456 e. The van der Waals surface area contributed by atoms with Crippen molar-refractivity contribution in [3.63, 3.8) is 0 Å². The smallest absolute Gasteiger partial charge is 0.456 e. The number of unbranched alkanes of at least 4 members (excludes halogenated alkanes) is 23. The van der Waals surface area contributed by atoms with Gasteiger partial charge in [-0.2, -0.15) is 0 Å². The average Bonchev–Trinajstić information content (AvgIpc) is 3.39. The van der Waals surface area contributed by atoms with Crippen LogP contribution in [0.4, 0.5) is 0 Å². The molecule has 442 valence electrons. The summed E-state index contributed by atoms with van der Waals surface area (Å²) in [6, 6.07) is -0.870. The molecule has 0 aromatic rings. The summed E-state index contributed by atoms with van der Waals surface area (Å²) in [4.78, 5) is 37.7. The molecule has 0 aromatic carbocycles. The Morgan fingerprint density at radius 3 is 1.27 bits per heavy atom. The van der Waals surface area contributed by atoms with Crippen LogP contribution in [0.25, 0.3) is 0 Å². The van der Waals surface area contributed by atoms with Crippen LogP contribution in [0, 0.1) is 0 Å². The molecule has 0 aromatic heterocycles. The van der Waals surface area contributed by atoms with E-state index in [1.54, 1.807) is 0 Å². The second-order valence-electron chi connectivity index (χ2n) is 21.8. The summed E-state index contributed by atoms with van der Waals surface area (Å²) < 4.78 is 30.7. The molecule has 0 rings (SSSR count). The van der Waals surface area contributed by atoms with Crippen LogP contribution < -0.4 is 5.32 Å². The number of rotatable bonds is 55. The molecule has 0 spiro atoms. The Balaban J connectivity index is 5.29. The Labute approximate surface area is 474 Å². The number of hydrogen-bond acceptors (Lipinski definition) is 6. The summed E-state index contributed by atoms with van der Waals surface area (Å²) in [7, 11) is 1.46. The van der Waals surface area contributed by atoms with Crippen LogP contribution in [0.5, 0.6) is 0 Å². The fraction of sp³-hybridized carbons (Fsp3) is 0.701. The van der Waals surface area contributed by atoms with E-state index in [9.17, 15) is 19.0 Å². The molecule has 3 atom stereocenters. The van der Waals surface area contributed by atoms with Gasteiger partial charge in [0.25, 0.3) is 0 Å². The Hall–Kier alpha value is -3.33. The fourth-order valence-electron chi connectivity index (χ4n) is 8.38. The highest BCUT2D eigenvalue weighted by Gasteiger charge is 2.30. The molecule has 0 fully saturated rings. The summed E-state index contributed by atoms with van der Waals surface area (Å²) in [5.74, 6) is -0.548. The number of carbonyl (C=O) groups is 2. The van der Waals surface area contributed by atoms with E-state index in [0.29, 0.717) is 23.9 Å². The Kier molecular flexibility index (Phi) is 53.5. The highest BCUT2D eigenvalue weighted by atomic mass is 31.2. The number of ether oxygens (including phenoxy) is 1. The summed E-state index contributed by atoms with van der Waals surface area (Å²) in [5, 5.41) is 3.04. The first-order valence-corrected chi connectivity index (χ1v) is 32.7. The van der Waals surface area contributed by atoms with Gasteiger partial charge in [-0.3, -0.25) is 18.6 Å². The SMILES string of the molecule is CC/C=C\C/C=C\C/C=C\C/C=C\C/C=C\CCCCCCCC(=O)OC(/C=C/CCCCCCCCCCC)C(COP(=O)(O)OCC[N+](C)(C)C)NC(=O)CCCCCCCC/C=C\C/C=C\C/C=C\CCCCC. The maximum Gasteiger partial charge on any atom is 0.472 e. The lowest BCUT2D eigenvalue weighted by molar-refractivity contribution is -0.870. The van der Waals surface area contributed by atoms with E-state index in [1.807, 2.05) is 33.3 Å². The lowest BCUT2D eigenvalue weighted by Crippen LogP contribution is -2.47.